The predicted octanol–water partition coefficient (Wildman–Crippen LogP) is 1.90. The SMILES string of the molecule is COC(c1ccccc1)S(=O)(=O)Cl. The molecule has 1 aromatic carbocycles. The molecule has 0 spiro atoms. The van der Waals surface area contributed by atoms with Crippen molar-refractivity contribution in [3.05, 3.63) is 35.9 Å². The molecular formula is C8H9ClO3S. The first kappa shape index (κ1) is 10.5. The van der Waals surface area contributed by atoms with Crippen molar-refractivity contribution in [3.63, 3.8) is 0 Å². The first-order valence-corrected chi connectivity index (χ1v) is 5.94. The number of hydrogen-bond donors (Lipinski definition) is 0. The Morgan fingerprint density at radius 3 is 2.23 bits per heavy atom. The molecule has 0 heterocycles. The van der Waals surface area contributed by atoms with E-state index in [4.69, 9.17) is 15.4 Å². The van der Waals surface area contributed by atoms with Gasteiger partial charge in [0.05, 0.1) is 0 Å². The van der Waals surface area contributed by atoms with Crippen LogP contribution in [0, 0.1) is 0 Å². The number of methoxy groups -OCH3 is 1. The summed E-state index contributed by atoms with van der Waals surface area (Å²) in [4.78, 5) is 0. The summed E-state index contributed by atoms with van der Waals surface area (Å²) in [6, 6.07) is 8.53. The number of hydrogen-bond acceptors (Lipinski definition) is 3. The van der Waals surface area contributed by atoms with Crippen LogP contribution < -0.4 is 0 Å². The van der Waals surface area contributed by atoms with Gasteiger partial charge >= 0.3 is 0 Å². The second kappa shape index (κ2) is 4.09. The Morgan fingerprint density at radius 2 is 1.85 bits per heavy atom. The molecule has 13 heavy (non-hydrogen) atoms. The van der Waals surface area contributed by atoms with Crippen LogP contribution in [0.15, 0.2) is 30.3 Å². The molecule has 0 amide bonds. The summed E-state index contributed by atoms with van der Waals surface area (Å²) in [7, 11) is 2.77. The topological polar surface area (TPSA) is 43.4 Å². The minimum atomic E-state index is -3.72. The van der Waals surface area contributed by atoms with Crippen molar-refractivity contribution < 1.29 is 13.2 Å². The molecule has 1 atom stereocenters. The summed E-state index contributed by atoms with van der Waals surface area (Å²) < 4.78 is 26.8. The van der Waals surface area contributed by atoms with Crippen molar-refractivity contribution in [2.75, 3.05) is 7.11 Å². The number of rotatable bonds is 3. The Hall–Kier alpha value is -0.580. The third-order valence-electron chi connectivity index (χ3n) is 1.54. The lowest BCUT2D eigenvalue weighted by atomic mass is 10.2. The summed E-state index contributed by atoms with van der Waals surface area (Å²) in [5, 5.41) is 0. The lowest BCUT2D eigenvalue weighted by Crippen LogP contribution is -2.09. The molecule has 0 aliphatic rings. The molecule has 0 saturated heterocycles. The highest BCUT2D eigenvalue weighted by molar-refractivity contribution is 8.13. The monoisotopic (exact) mass is 220 g/mol. The third-order valence-corrected chi connectivity index (χ3v) is 3.00. The molecule has 0 aromatic heterocycles. The minimum absolute atomic E-state index is 0.528. The van der Waals surface area contributed by atoms with Crippen LogP contribution in [0.5, 0.6) is 0 Å². The van der Waals surface area contributed by atoms with E-state index in [1.54, 1.807) is 30.3 Å². The van der Waals surface area contributed by atoms with E-state index in [1.807, 2.05) is 0 Å². The Balaban J connectivity index is 3.06. The second-order valence-corrected chi connectivity index (χ2v) is 5.12. The van der Waals surface area contributed by atoms with Crippen LogP contribution in [0.4, 0.5) is 0 Å². The van der Waals surface area contributed by atoms with Crippen LogP contribution in [0.1, 0.15) is 11.0 Å². The average molecular weight is 221 g/mol. The molecule has 3 nitrogen and oxygen atoms in total. The molecule has 1 rings (SSSR count). The fourth-order valence-electron chi connectivity index (χ4n) is 1.02. The first-order valence-electron chi connectivity index (χ1n) is 3.57. The quantitative estimate of drug-likeness (QED) is 0.731. The number of ether oxygens (including phenoxy) is 1. The zero-order valence-corrected chi connectivity index (χ0v) is 8.55. The van der Waals surface area contributed by atoms with Gasteiger partial charge in [0.1, 0.15) is 0 Å². The van der Waals surface area contributed by atoms with Gasteiger partial charge in [-0.15, -0.1) is 0 Å². The normalized spacial score (nSPS) is 14.0. The highest BCUT2D eigenvalue weighted by atomic mass is 35.7. The Morgan fingerprint density at radius 1 is 1.31 bits per heavy atom. The maximum Gasteiger partial charge on any atom is 0.263 e. The fourth-order valence-corrected chi connectivity index (χ4v) is 2.26. The van der Waals surface area contributed by atoms with Gasteiger partial charge in [0.15, 0.2) is 5.44 Å². The maximum absolute atomic E-state index is 11.0. The summed E-state index contributed by atoms with van der Waals surface area (Å²) in [5.41, 5.74) is -0.560. The number of halogens is 1. The lowest BCUT2D eigenvalue weighted by molar-refractivity contribution is 0.168. The summed E-state index contributed by atoms with van der Waals surface area (Å²) >= 11 is 0. The Labute approximate surface area is 81.7 Å². The van der Waals surface area contributed by atoms with Crippen LogP contribution >= 0.6 is 10.7 Å². The van der Waals surface area contributed by atoms with Crippen molar-refractivity contribution in [1.82, 2.24) is 0 Å². The zero-order valence-electron chi connectivity index (χ0n) is 6.98. The van der Waals surface area contributed by atoms with Gasteiger partial charge in [-0.1, -0.05) is 30.3 Å². The third kappa shape index (κ3) is 2.69. The predicted molar refractivity (Wildman–Crippen MR) is 51.0 cm³/mol. The van der Waals surface area contributed by atoms with Crippen LogP contribution in [0.2, 0.25) is 0 Å². The molecule has 0 aliphatic carbocycles. The second-order valence-electron chi connectivity index (χ2n) is 2.45. The van der Waals surface area contributed by atoms with Gasteiger partial charge in [0.2, 0.25) is 0 Å². The van der Waals surface area contributed by atoms with E-state index in [9.17, 15) is 8.42 Å². The molecule has 1 unspecified atom stereocenters. The Bertz CT molecular complexity index is 360. The molecule has 0 aliphatic heterocycles. The van der Waals surface area contributed by atoms with Gasteiger partial charge in [-0.3, -0.25) is 0 Å². The molecule has 0 radical (unpaired) electrons. The standard InChI is InChI=1S/C8H9ClO3S/c1-12-8(13(9,10)11)7-5-3-2-4-6-7/h2-6,8H,1H3. The minimum Gasteiger partial charge on any atom is -0.360 e. The van der Waals surface area contributed by atoms with E-state index in [0.717, 1.165) is 0 Å². The van der Waals surface area contributed by atoms with Gasteiger partial charge < -0.3 is 4.74 Å². The fraction of sp³-hybridized carbons (Fsp3) is 0.250. The van der Waals surface area contributed by atoms with Crippen LogP contribution in [-0.2, 0) is 13.8 Å². The van der Waals surface area contributed by atoms with E-state index < -0.39 is 14.5 Å². The van der Waals surface area contributed by atoms with E-state index in [0.29, 0.717) is 5.56 Å². The molecular weight excluding hydrogens is 212 g/mol. The maximum atomic E-state index is 11.0. The van der Waals surface area contributed by atoms with Crippen molar-refractivity contribution in [1.29, 1.82) is 0 Å². The summed E-state index contributed by atoms with van der Waals surface area (Å²) in [6.07, 6.45) is 0. The van der Waals surface area contributed by atoms with Crippen molar-refractivity contribution in [2.24, 2.45) is 0 Å². The van der Waals surface area contributed by atoms with E-state index in [-0.39, 0.29) is 0 Å². The molecule has 0 saturated carbocycles. The van der Waals surface area contributed by atoms with Crippen molar-refractivity contribution >= 4 is 19.7 Å². The molecule has 5 heteroatoms. The van der Waals surface area contributed by atoms with Gasteiger partial charge in [0, 0.05) is 17.8 Å². The van der Waals surface area contributed by atoms with Crippen LogP contribution in [-0.4, -0.2) is 15.5 Å². The van der Waals surface area contributed by atoms with E-state index >= 15 is 0 Å². The number of benzene rings is 1. The lowest BCUT2D eigenvalue weighted by Gasteiger charge is -2.11. The molecule has 72 valence electrons. The zero-order chi connectivity index (χ0) is 9.90. The smallest absolute Gasteiger partial charge is 0.263 e. The summed E-state index contributed by atoms with van der Waals surface area (Å²) in [6.45, 7) is 0. The Kier molecular flexibility index (Phi) is 3.30. The average Bonchev–Trinajstić information content (AvgIpc) is 2.05. The van der Waals surface area contributed by atoms with Gasteiger partial charge in [-0.05, 0) is 5.56 Å². The molecule has 0 fully saturated rings. The highest BCUT2D eigenvalue weighted by Gasteiger charge is 2.23. The molecule has 0 N–H and O–H groups in total. The largest absolute Gasteiger partial charge is 0.360 e. The van der Waals surface area contributed by atoms with Crippen LogP contribution in [0.3, 0.4) is 0 Å². The van der Waals surface area contributed by atoms with Crippen LogP contribution in [0.25, 0.3) is 0 Å². The summed E-state index contributed by atoms with van der Waals surface area (Å²) in [5.74, 6) is 0. The molecule has 1 aromatic rings. The first-order chi connectivity index (χ1) is 6.05. The van der Waals surface area contributed by atoms with Gasteiger partial charge in [-0.25, -0.2) is 8.42 Å². The van der Waals surface area contributed by atoms with E-state index in [2.05, 4.69) is 0 Å². The molecule has 0 bridgehead atoms. The van der Waals surface area contributed by atoms with Crippen molar-refractivity contribution in [2.45, 2.75) is 5.44 Å². The van der Waals surface area contributed by atoms with Gasteiger partial charge in [-0.2, -0.15) is 0 Å². The van der Waals surface area contributed by atoms with E-state index in [1.165, 1.54) is 7.11 Å². The highest BCUT2D eigenvalue weighted by Crippen LogP contribution is 2.25. The van der Waals surface area contributed by atoms with Crippen molar-refractivity contribution in [3.8, 4) is 0 Å². The van der Waals surface area contributed by atoms with Gasteiger partial charge in [0.25, 0.3) is 9.05 Å².